The quantitative estimate of drug-likeness (QED) is 0.812. The number of hydrogen-bond acceptors (Lipinski definition) is 3. The van der Waals surface area contributed by atoms with Crippen molar-refractivity contribution in [3.05, 3.63) is 35.6 Å². The summed E-state index contributed by atoms with van der Waals surface area (Å²) in [6.07, 6.45) is -0.683. The van der Waals surface area contributed by atoms with Gasteiger partial charge in [-0.3, -0.25) is 0 Å². The normalized spacial score (nSPS) is 14.9. The molecule has 0 amide bonds. The van der Waals surface area contributed by atoms with E-state index in [4.69, 9.17) is 10.2 Å². The van der Waals surface area contributed by atoms with Crippen molar-refractivity contribution in [1.29, 1.82) is 0 Å². The maximum absolute atomic E-state index is 12.6. The summed E-state index contributed by atoms with van der Waals surface area (Å²) in [5.41, 5.74) is 1.02. The summed E-state index contributed by atoms with van der Waals surface area (Å²) in [6.45, 7) is 1.77. The largest absolute Gasteiger partial charge is 0.394 e. The van der Waals surface area contributed by atoms with Crippen LogP contribution in [0.25, 0.3) is 0 Å². The van der Waals surface area contributed by atoms with E-state index in [-0.39, 0.29) is 17.7 Å². The Hall–Kier alpha value is -0.580. The Morgan fingerprint density at radius 1 is 1.33 bits per heavy atom. The smallest absolute Gasteiger partial charge is 0.123 e. The first-order valence-corrected chi connectivity index (χ1v) is 5.84. The van der Waals surface area contributed by atoms with E-state index in [1.54, 1.807) is 12.1 Å². The third-order valence-corrected chi connectivity index (χ3v) is 3.44. The molecule has 1 aromatic rings. The third-order valence-electron chi connectivity index (χ3n) is 2.09. The van der Waals surface area contributed by atoms with Gasteiger partial charge in [-0.15, -0.1) is 0 Å². The second-order valence-corrected chi connectivity index (χ2v) is 4.74. The van der Waals surface area contributed by atoms with Crippen LogP contribution in [0.2, 0.25) is 0 Å². The van der Waals surface area contributed by atoms with Crippen LogP contribution in [0.1, 0.15) is 17.7 Å². The fraction of sp³-hybridized carbons (Fsp3) is 0.455. The van der Waals surface area contributed by atoms with Gasteiger partial charge >= 0.3 is 0 Å². The zero-order valence-corrected chi connectivity index (χ0v) is 9.38. The molecule has 0 aliphatic heterocycles. The second kappa shape index (κ2) is 6.10. The highest BCUT2D eigenvalue weighted by atomic mass is 32.2. The van der Waals surface area contributed by atoms with Crippen LogP contribution in [0.4, 0.5) is 4.39 Å². The molecule has 0 saturated carbocycles. The van der Waals surface area contributed by atoms with Crippen LogP contribution >= 0.6 is 11.8 Å². The SMILES string of the molecule is CC(SCC(O)CO)c1ccc(F)cc1. The van der Waals surface area contributed by atoms with Crippen molar-refractivity contribution in [2.24, 2.45) is 0 Å². The highest BCUT2D eigenvalue weighted by Crippen LogP contribution is 2.28. The van der Waals surface area contributed by atoms with Gasteiger partial charge in [0, 0.05) is 11.0 Å². The van der Waals surface area contributed by atoms with Crippen molar-refractivity contribution in [3.8, 4) is 0 Å². The van der Waals surface area contributed by atoms with E-state index < -0.39 is 6.10 Å². The van der Waals surface area contributed by atoms with E-state index in [0.717, 1.165) is 5.56 Å². The van der Waals surface area contributed by atoms with E-state index in [1.165, 1.54) is 23.9 Å². The molecule has 15 heavy (non-hydrogen) atoms. The molecule has 0 saturated heterocycles. The zero-order valence-electron chi connectivity index (χ0n) is 8.56. The van der Waals surface area contributed by atoms with Gasteiger partial charge in [-0.2, -0.15) is 11.8 Å². The molecule has 2 atom stereocenters. The maximum atomic E-state index is 12.6. The van der Waals surface area contributed by atoms with Crippen molar-refractivity contribution < 1.29 is 14.6 Å². The minimum atomic E-state index is -0.683. The fourth-order valence-electron chi connectivity index (χ4n) is 1.14. The molecular weight excluding hydrogens is 215 g/mol. The summed E-state index contributed by atoms with van der Waals surface area (Å²) in [5, 5.41) is 18.0. The third kappa shape index (κ3) is 4.20. The zero-order chi connectivity index (χ0) is 11.3. The highest BCUT2D eigenvalue weighted by molar-refractivity contribution is 7.99. The Morgan fingerprint density at radius 2 is 1.93 bits per heavy atom. The number of halogens is 1. The Labute approximate surface area is 93.1 Å². The summed E-state index contributed by atoms with van der Waals surface area (Å²) in [4.78, 5) is 0. The molecule has 2 nitrogen and oxygen atoms in total. The van der Waals surface area contributed by atoms with Crippen LogP contribution in [0, 0.1) is 5.82 Å². The maximum Gasteiger partial charge on any atom is 0.123 e. The first kappa shape index (κ1) is 12.5. The van der Waals surface area contributed by atoms with Gasteiger partial charge in [0.2, 0.25) is 0 Å². The van der Waals surface area contributed by atoms with Gasteiger partial charge in [-0.05, 0) is 24.6 Å². The summed E-state index contributed by atoms with van der Waals surface area (Å²) >= 11 is 1.54. The van der Waals surface area contributed by atoms with Gasteiger partial charge in [0.05, 0.1) is 12.7 Å². The Morgan fingerprint density at radius 3 is 2.47 bits per heavy atom. The van der Waals surface area contributed by atoms with Crippen molar-refractivity contribution >= 4 is 11.8 Å². The topological polar surface area (TPSA) is 40.5 Å². The van der Waals surface area contributed by atoms with E-state index in [0.29, 0.717) is 5.75 Å². The Bertz CT molecular complexity index is 289. The van der Waals surface area contributed by atoms with Gasteiger partial charge < -0.3 is 10.2 Å². The first-order chi connectivity index (χ1) is 7.13. The predicted octanol–water partition coefficient (Wildman–Crippen LogP) is 1.97. The standard InChI is InChI=1S/C11H15FO2S/c1-8(15-7-11(14)6-13)9-2-4-10(12)5-3-9/h2-5,8,11,13-14H,6-7H2,1H3. The Balaban J connectivity index is 2.46. The van der Waals surface area contributed by atoms with Crippen LogP contribution in [-0.2, 0) is 0 Å². The monoisotopic (exact) mass is 230 g/mol. The lowest BCUT2D eigenvalue weighted by Crippen LogP contribution is -2.15. The fourth-order valence-corrected chi connectivity index (χ4v) is 2.10. The average molecular weight is 230 g/mol. The number of aliphatic hydroxyl groups is 2. The van der Waals surface area contributed by atoms with Crippen LogP contribution in [0.15, 0.2) is 24.3 Å². The van der Waals surface area contributed by atoms with Gasteiger partial charge in [0.25, 0.3) is 0 Å². The van der Waals surface area contributed by atoms with Gasteiger partial charge in [0.15, 0.2) is 0 Å². The molecule has 2 N–H and O–H groups in total. The molecule has 0 aliphatic rings. The van der Waals surface area contributed by atoms with Crippen LogP contribution < -0.4 is 0 Å². The number of aliphatic hydroxyl groups excluding tert-OH is 2. The summed E-state index contributed by atoms with van der Waals surface area (Å²) < 4.78 is 12.6. The lowest BCUT2D eigenvalue weighted by atomic mass is 10.2. The van der Waals surface area contributed by atoms with E-state index in [2.05, 4.69) is 0 Å². The lowest BCUT2D eigenvalue weighted by Gasteiger charge is -2.13. The van der Waals surface area contributed by atoms with Gasteiger partial charge in [-0.25, -0.2) is 4.39 Å². The molecular formula is C11H15FO2S. The van der Waals surface area contributed by atoms with Crippen molar-refractivity contribution in [1.82, 2.24) is 0 Å². The summed E-state index contributed by atoms with van der Waals surface area (Å²) in [5.74, 6) is 0.237. The van der Waals surface area contributed by atoms with Crippen molar-refractivity contribution in [2.75, 3.05) is 12.4 Å². The Kier molecular flexibility index (Phi) is 5.08. The minimum absolute atomic E-state index is 0.187. The van der Waals surface area contributed by atoms with E-state index in [1.807, 2.05) is 6.92 Å². The first-order valence-electron chi connectivity index (χ1n) is 4.79. The highest BCUT2D eigenvalue weighted by Gasteiger charge is 2.09. The van der Waals surface area contributed by atoms with Crippen molar-refractivity contribution in [3.63, 3.8) is 0 Å². The number of benzene rings is 1. The van der Waals surface area contributed by atoms with E-state index >= 15 is 0 Å². The molecule has 1 aromatic carbocycles. The molecule has 0 radical (unpaired) electrons. The van der Waals surface area contributed by atoms with Gasteiger partial charge in [0.1, 0.15) is 5.82 Å². The number of rotatable bonds is 5. The predicted molar refractivity (Wildman–Crippen MR) is 60.4 cm³/mol. The van der Waals surface area contributed by atoms with E-state index in [9.17, 15) is 4.39 Å². The van der Waals surface area contributed by atoms with Crippen molar-refractivity contribution in [2.45, 2.75) is 18.3 Å². The molecule has 1 rings (SSSR count). The molecule has 0 spiro atoms. The second-order valence-electron chi connectivity index (χ2n) is 3.36. The molecule has 0 heterocycles. The minimum Gasteiger partial charge on any atom is -0.394 e. The summed E-state index contributed by atoms with van der Waals surface area (Å²) in [6, 6.07) is 6.32. The number of hydrogen-bond donors (Lipinski definition) is 2. The average Bonchev–Trinajstić information content (AvgIpc) is 2.26. The molecule has 0 fully saturated rings. The molecule has 2 unspecified atom stereocenters. The van der Waals surface area contributed by atoms with Gasteiger partial charge in [-0.1, -0.05) is 12.1 Å². The molecule has 0 bridgehead atoms. The molecule has 4 heteroatoms. The molecule has 0 aromatic heterocycles. The lowest BCUT2D eigenvalue weighted by molar-refractivity contribution is 0.113. The van der Waals surface area contributed by atoms with Crippen LogP contribution in [0.3, 0.4) is 0 Å². The molecule has 0 aliphatic carbocycles. The molecule has 84 valence electrons. The number of thioether (sulfide) groups is 1. The van der Waals surface area contributed by atoms with Crippen LogP contribution in [0.5, 0.6) is 0 Å². The summed E-state index contributed by atoms with van der Waals surface area (Å²) in [7, 11) is 0. The van der Waals surface area contributed by atoms with Crippen LogP contribution in [-0.4, -0.2) is 28.7 Å².